The quantitative estimate of drug-likeness (QED) is 0.852. The summed E-state index contributed by atoms with van der Waals surface area (Å²) in [6.07, 6.45) is 0. The van der Waals surface area contributed by atoms with Crippen LogP contribution in [0.15, 0.2) is 22.7 Å². The zero-order chi connectivity index (χ0) is 11.0. The zero-order valence-corrected chi connectivity index (χ0v) is 9.48. The highest BCUT2D eigenvalue weighted by atomic mass is 79.9. The number of fused-ring (bicyclic) bond motifs is 1. The largest absolute Gasteiger partial charge is 0.480 e. The van der Waals surface area contributed by atoms with Crippen molar-refractivity contribution in [1.82, 2.24) is 5.16 Å². The van der Waals surface area contributed by atoms with Gasteiger partial charge in [-0.15, -0.1) is 0 Å². The van der Waals surface area contributed by atoms with E-state index in [4.69, 9.17) is 9.63 Å². The molecule has 1 atom stereocenters. The molecule has 5 heteroatoms. The van der Waals surface area contributed by atoms with Crippen molar-refractivity contribution >= 4 is 32.9 Å². The molecule has 0 saturated carbocycles. The lowest BCUT2D eigenvalue weighted by molar-refractivity contribution is -0.136. The topological polar surface area (TPSA) is 63.3 Å². The third-order valence-corrected chi connectivity index (χ3v) is 2.94. The van der Waals surface area contributed by atoms with Crippen LogP contribution in [0.1, 0.15) is 16.1 Å². The van der Waals surface area contributed by atoms with E-state index in [2.05, 4.69) is 21.1 Å². The minimum absolute atomic E-state index is 0.404. The van der Waals surface area contributed by atoms with Crippen molar-refractivity contribution in [2.45, 2.75) is 11.8 Å². The summed E-state index contributed by atoms with van der Waals surface area (Å²) >= 11 is 3.05. The predicted molar refractivity (Wildman–Crippen MR) is 58.0 cm³/mol. The average molecular weight is 270 g/mol. The Morgan fingerprint density at radius 2 is 2.33 bits per heavy atom. The maximum Gasteiger partial charge on any atom is 0.323 e. The monoisotopic (exact) mass is 269 g/mol. The zero-order valence-electron chi connectivity index (χ0n) is 7.90. The number of nitrogens with zero attached hydrogens (tertiary/aromatic N) is 1. The van der Waals surface area contributed by atoms with Crippen LogP contribution in [0, 0.1) is 6.92 Å². The fourth-order valence-corrected chi connectivity index (χ4v) is 1.70. The third-order valence-electron chi connectivity index (χ3n) is 2.11. The SMILES string of the molecule is Cc1ccc2onc(C(Br)C(=O)O)c2c1. The van der Waals surface area contributed by atoms with E-state index in [-0.39, 0.29) is 0 Å². The fourth-order valence-electron chi connectivity index (χ4n) is 1.37. The van der Waals surface area contributed by atoms with Crippen LogP contribution >= 0.6 is 15.9 Å². The van der Waals surface area contributed by atoms with Crippen LogP contribution < -0.4 is 0 Å². The van der Waals surface area contributed by atoms with Crippen molar-refractivity contribution < 1.29 is 14.4 Å². The van der Waals surface area contributed by atoms with Crippen molar-refractivity contribution in [2.75, 3.05) is 0 Å². The molecule has 0 amide bonds. The van der Waals surface area contributed by atoms with Gasteiger partial charge in [-0.2, -0.15) is 0 Å². The van der Waals surface area contributed by atoms with E-state index in [0.717, 1.165) is 10.9 Å². The van der Waals surface area contributed by atoms with Crippen LogP contribution in [0.5, 0.6) is 0 Å². The number of carboxylic acid groups (broad SMARTS) is 1. The first kappa shape index (κ1) is 10.2. The molecular formula is C10H8BrNO3. The van der Waals surface area contributed by atoms with E-state index < -0.39 is 10.8 Å². The van der Waals surface area contributed by atoms with Crippen molar-refractivity contribution in [3.8, 4) is 0 Å². The molecule has 15 heavy (non-hydrogen) atoms. The van der Waals surface area contributed by atoms with Gasteiger partial charge >= 0.3 is 5.97 Å². The normalized spacial score (nSPS) is 12.9. The molecule has 1 aromatic heterocycles. The highest BCUT2D eigenvalue weighted by Crippen LogP contribution is 2.29. The Bertz CT molecular complexity index is 520. The molecule has 0 aliphatic heterocycles. The van der Waals surface area contributed by atoms with Gasteiger partial charge in [0.25, 0.3) is 0 Å². The molecule has 0 saturated heterocycles. The molecule has 2 rings (SSSR count). The fraction of sp³-hybridized carbons (Fsp3) is 0.200. The van der Waals surface area contributed by atoms with Gasteiger partial charge in [0.1, 0.15) is 5.69 Å². The first-order chi connectivity index (χ1) is 7.09. The second-order valence-electron chi connectivity index (χ2n) is 3.27. The number of aliphatic carboxylic acids is 1. The van der Waals surface area contributed by atoms with E-state index in [0.29, 0.717) is 11.3 Å². The summed E-state index contributed by atoms with van der Waals surface area (Å²) in [7, 11) is 0. The molecule has 0 radical (unpaired) electrons. The summed E-state index contributed by atoms with van der Waals surface area (Å²) in [5.74, 6) is -0.980. The van der Waals surface area contributed by atoms with Gasteiger partial charge in [0.15, 0.2) is 10.4 Å². The highest BCUT2D eigenvalue weighted by Gasteiger charge is 2.22. The number of hydrogen-bond acceptors (Lipinski definition) is 3. The minimum Gasteiger partial charge on any atom is -0.480 e. The van der Waals surface area contributed by atoms with Crippen LogP contribution in [-0.4, -0.2) is 16.2 Å². The summed E-state index contributed by atoms with van der Waals surface area (Å²) < 4.78 is 5.03. The minimum atomic E-state index is -0.980. The van der Waals surface area contributed by atoms with E-state index in [1.54, 1.807) is 6.07 Å². The van der Waals surface area contributed by atoms with E-state index >= 15 is 0 Å². The average Bonchev–Trinajstić information content (AvgIpc) is 2.59. The molecular weight excluding hydrogens is 262 g/mol. The lowest BCUT2D eigenvalue weighted by Gasteiger charge is -1.99. The van der Waals surface area contributed by atoms with E-state index in [1.165, 1.54) is 0 Å². The first-order valence-electron chi connectivity index (χ1n) is 4.32. The van der Waals surface area contributed by atoms with Gasteiger partial charge < -0.3 is 9.63 Å². The summed E-state index contributed by atoms with van der Waals surface area (Å²) in [6.45, 7) is 1.93. The van der Waals surface area contributed by atoms with Gasteiger partial charge in [-0.05, 0) is 19.1 Å². The molecule has 0 aliphatic carbocycles. The number of rotatable bonds is 2. The van der Waals surface area contributed by atoms with Crippen LogP contribution in [0.4, 0.5) is 0 Å². The van der Waals surface area contributed by atoms with E-state index in [1.807, 2.05) is 19.1 Å². The maximum atomic E-state index is 10.8. The van der Waals surface area contributed by atoms with Gasteiger partial charge in [0.05, 0.1) is 0 Å². The van der Waals surface area contributed by atoms with Crippen LogP contribution in [-0.2, 0) is 4.79 Å². The number of aryl methyl sites for hydroxylation is 1. The molecule has 1 unspecified atom stereocenters. The molecule has 0 spiro atoms. The standard InChI is InChI=1S/C10H8BrNO3/c1-5-2-3-7-6(4-5)9(12-15-7)8(11)10(13)14/h2-4,8H,1H3,(H,13,14). The van der Waals surface area contributed by atoms with Gasteiger partial charge in [0.2, 0.25) is 0 Å². The number of aromatic nitrogens is 1. The molecule has 1 heterocycles. The summed E-state index contributed by atoms with van der Waals surface area (Å²) in [6, 6.07) is 5.53. The molecule has 0 bridgehead atoms. The summed E-state index contributed by atoms with van der Waals surface area (Å²) in [4.78, 5) is 9.96. The third kappa shape index (κ3) is 1.74. The van der Waals surface area contributed by atoms with Gasteiger partial charge in [-0.25, -0.2) is 0 Å². The Labute approximate surface area is 94.0 Å². The van der Waals surface area contributed by atoms with Crippen LogP contribution in [0.2, 0.25) is 0 Å². The Morgan fingerprint density at radius 3 is 3.00 bits per heavy atom. The number of alkyl halides is 1. The number of benzene rings is 1. The van der Waals surface area contributed by atoms with Gasteiger partial charge in [-0.1, -0.05) is 32.7 Å². The van der Waals surface area contributed by atoms with Crippen molar-refractivity contribution in [3.63, 3.8) is 0 Å². The Balaban J connectivity index is 2.61. The van der Waals surface area contributed by atoms with E-state index in [9.17, 15) is 4.79 Å². The van der Waals surface area contributed by atoms with Crippen LogP contribution in [0.25, 0.3) is 11.0 Å². The Morgan fingerprint density at radius 1 is 1.60 bits per heavy atom. The summed E-state index contributed by atoms with van der Waals surface area (Å²) in [5, 5.41) is 13.3. The second kappa shape index (κ2) is 3.66. The number of halogens is 1. The number of carboxylic acids is 1. The Hall–Kier alpha value is -1.36. The molecule has 0 aliphatic rings. The molecule has 1 aromatic carbocycles. The first-order valence-corrected chi connectivity index (χ1v) is 5.24. The predicted octanol–water partition coefficient (Wildman–Crippen LogP) is 2.66. The lowest BCUT2D eigenvalue weighted by atomic mass is 10.1. The van der Waals surface area contributed by atoms with Gasteiger partial charge in [-0.3, -0.25) is 4.79 Å². The molecule has 2 aromatic rings. The lowest BCUT2D eigenvalue weighted by Crippen LogP contribution is -2.04. The van der Waals surface area contributed by atoms with Gasteiger partial charge in [0, 0.05) is 5.39 Å². The van der Waals surface area contributed by atoms with Crippen molar-refractivity contribution in [1.29, 1.82) is 0 Å². The Kier molecular flexibility index (Phi) is 2.48. The maximum absolute atomic E-state index is 10.8. The molecule has 0 fully saturated rings. The number of hydrogen-bond donors (Lipinski definition) is 1. The second-order valence-corrected chi connectivity index (χ2v) is 4.18. The smallest absolute Gasteiger partial charge is 0.323 e. The van der Waals surface area contributed by atoms with Crippen molar-refractivity contribution in [3.05, 3.63) is 29.5 Å². The number of carbonyl (C=O) groups is 1. The molecule has 4 nitrogen and oxygen atoms in total. The summed E-state index contributed by atoms with van der Waals surface area (Å²) in [5.41, 5.74) is 2.04. The highest BCUT2D eigenvalue weighted by molar-refractivity contribution is 9.09. The molecule has 78 valence electrons. The van der Waals surface area contributed by atoms with Crippen molar-refractivity contribution in [2.24, 2.45) is 0 Å². The molecule has 1 N–H and O–H groups in total. The van der Waals surface area contributed by atoms with Crippen LogP contribution in [0.3, 0.4) is 0 Å².